The van der Waals surface area contributed by atoms with E-state index in [1.807, 2.05) is 4.90 Å². The predicted molar refractivity (Wildman–Crippen MR) is 57.4 cm³/mol. The first-order valence-electron chi connectivity index (χ1n) is 4.85. The van der Waals surface area contributed by atoms with E-state index in [-0.39, 0.29) is 6.10 Å². The van der Waals surface area contributed by atoms with E-state index in [9.17, 15) is 5.11 Å². The molecule has 0 spiro atoms. The van der Waals surface area contributed by atoms with E-state index >= 15 is 0 Å². The van der Waals surface area contributed by atoms with Gasteiger partial charge in [0, 0.05) is 12.6 Å². The molecule has 1 aliphatic carbocycles. The van der Waals surface area contributed by atoms with Crippen molar-refractivity contribution in [3.63, 3.8) is 0 Å². The lowest BCUT2D eigenvalue weighted by Gasteiger charge is -2.30. The molecule has 4 heteroatoms. The smallest absolute Gasteiger partial charge is 0.166 e. The van der Waals surface area contributed by atoms with Crippen LogP contribution >= 0.6 is 12.2 Å². The van der Waals surface area contributed by atoms with Crippen LogP contribution in [0.4, 0.5) is 0 Å². The Morgan fingerprint density at radius 3 is 2.54 bits per heavy atom. The number of thiocarbonyl (C=S) groups is 1. The molecule has 0 aromatic heterocycles. The first-order valence-corrected chi connectivity index (χ1v) is 5.26. The number of rotatable bonds is 3. The fourth-order valence-electron chi connectivity index (χ4n) is 1.92. The van der Waals surface area contributed by atoms with Crippen molar-refractivity contribution < 1.29 is 5.11 Å². The molecule has 1 fully saturated rings. The summed E-state index contributed by atoms with van der Waals surface area (Å²) in [5, 5.41) is 9.70. The molecule has 0 heterocycles. The van der Waals surface area contributed by atoms with Gasteiger partial charge < -0.3 is 15.7 Å². The lowest BCUT2D eigenvalue weighted by Crippen LogP contribution is -2.45. The van der Waals surface area contributed by atoms with Gasteiger partial charge in [-0.1, -0.05) is 12.8 Å². The van der Waals surface area contributed by atoms with Crippen LogP contribution in [0, 0.1) is 0 Å². The van der Waals surface area contributed by atoms with Crippen LogP contribution in [0.15, 0.2) is 0 Å². The number of nitrogens with zero attached hydrogens (tertiary/aromatic N) is 1. The van der Waals surface area contributed by atoms with Crippen molar-refractivity contribution in [2.45, 2.75) is 44.8 Å². The number of hydrogen-bond acceptors (Lipinski definition) is 2. The Balaban J connectivity index is 2.50. The molecule has 0 aliphatic heterocycles. The van der Waals surface area contributed by atoms with Gasteiger partial charge in [-0.05, 0) is 32.0 Å². The number of nitrogens with two attached hydrogens (primary N) is 1. The summed E-state index contributed by atoms with van der Waals surface area (Å²) in [5.41, 5.74) is 5.61. The second-order valence-corrected chi connectivity index (χ2v) is 4.20. The normalized spacial score (nSPS) is 20.2. The van der Waals surface area contributed by atoms with Crippen molar-refractivity contribution in [2.24, 2.45) is 5.73 Å². The second-order valence-electron chi connectivity index (χ2n) is 3.78. The van der Waals surface area contributed by atoms with E-state index in [1.54, 1.807) is 6.92 Å². The summed E-state index contributed by atoms with van der Waals surface area (Å²) in [5.74, 6) is 0. The third-order valence-corrected chi connectivity index (χ3v) is 2.74. The summed E-state index contributed by atoms with van der Waals surface area (Å²) in [4.78, 5) is 1.97. The molecular formula is C9H18N2OS. The lowest BCUT2D eigenvalue weighted by molar-refractivity contribution is 0.143. The van der Waals surface area contributed by atoms with Gasteiger partial charge in [0.25, 0.3) is 0 Å². The topological polar surface area (TPSA) is 49.5 Å². The SMILES string of the molecule is CC(O)CN(C(N)=S)C1CCCC1. The van der Waals surface area contributed by atoms with Gasteiger partial charge in [0.2, 0.25) is 0 Å². The molecule has 0 radical (unpaired) electrons. The van der Waals surface area contributed by atoms with Gasteiger partial charge in [0.1, 0.15) is 0 Å². The van der Waals surface area contributed by atoms with Crippen molar-refractivity contribution in [2.75, 3.05) is 6.54 Å². The third-order valence-electron chi connectivity index (χ3n) is 2.51. The van der Waals surface area contributed by atoms with E-state index < -0.39 is 0 Å². The lowest BCUT2D eigenvalue weighted by atomic mass is 10.2. The molecular weight excluding hydrogens is 184 g/mol. The van der Waals surface area contributed by atoms with E-state index in [1.165, 1.54) is 12.8 Å². The zero-order valence-electron chi connectivity index (χ0n) is 8.07. The van der Waals surface area contributed by atoms with Gasteiger partial charge in [-0.15, -0.1) is 0 Å². The highest BCUT2D eigenvalue weighted by Gasteiger charge is 2.23. The van der Waals surface area contributed by atoms with E-state index in [0.29, 0.717) is 17.7 Å². The third kappa shape index (κ3) is 3.12. The minimum absolute atomic E-state index is 0.359. The Labute approximate surface area is 84.9 Å². The van der Waals surface area contributed by atoms with Crippen LogP contribution in [-0.2, 0) is 0 Å². The van der Waals surface area contributed by atoms with Crippen LogP contribution in [0.25, 0.3) is 0 Å². The van der Waals surface area contributed by atoms with Crippen LogP contribution in [0.2, 0.25) is 0 Å². The van der Waals surface area contributed by atoms with Crippen molar-refractivity contribution in [3.05, 3.63) is 0 Å². The summed E-state index contributed by atoms with van der Waals surface area (Å²) in [7, 11) is 0. The highest BCUT2D eigenvalue weighted by atomic mass is 32.1. The molecule has 3 nitrogen and oxygen atoms in total. The summed E-state index contributed by atoms with van der Waals surface area (Å²) in [6, 6.07) is 0.465. The van der Waals surface area contributed by atoms with Crippen LogP contribution in [0.3, 0.4) is 0 Å². The zero-order valence-corrected chi connectivity index (χ0v) is 8.89. The second kappa shape index (κ2) is 4.77. The molecule has 1 rings (SSSR count). The number of aliphatic hydroxyl groups is 1. The molecule has 1 saturated carbocycles. The van der Waals surface area contributed by atoms with Gasteiger partial charge in [-0.2, -0.15) is 0 Å². The van der Waals surface area contributed by atoms with Crippen LogP contribution in [0.1, 0.15) is 32.6 Å². The molecule has 0 bridgehead atoms. The van der Waals surface area contributed by atoms with Crippen LogP contribution in [-0.4, -0.2) is 33.8 Å². The maximum Gasteiger partial charge on any atom is 0.166 e. The maximum atomic E-state index is 9.28. The van der Waals surface area contributed by atoms with Crippen molar-refractivity contribution >= 4 is 17.3 Å². The minimum Gasteiger partial charge on any atom is -0.392 e. The Bertz CT molecular complexity index is 178. The Kier molecular flexibility index (Phi) is 3.93. The van der Waals surface area contributed by atoms with Crippen LogP contribution < -0.4 is 5.73 Å². The molecule has 76 valence electrons. The van der Waals surface area contributed by atoms with E-state index in [4.69, 9.17) is 18.0 Å². The fourth-order valence-corrected chi connectivity index (χ4v) is 2.14. The molecule has 0 saturated heterocycles. The molecule has 0 aromatic rings. The largest absolute Gasteiger partial charge is 0.392 e. The Morgan fingerprint density at radius 1 is 1.62 bits per heavy atom. The molecule has 0 aromatic carbocycles. The highest BCUT2D eigenvalue weighted by Crippen LogP contribution is 2.23. The quantitative estimate of drug-likeness (QED) is 0.666. The van der Waals surface area contributed by atoms with E-state index in [0.717, 1.165) is 12.8 Å². The molecule has 1 aliphatic rings. The van der Waals surface area contributed by atoms with Gasteiger partial charge in [-0.3, -0.25) is 0 Å². The summed E-state index contributed by atoms with van der Waals surface area (Å²) < 4.78 is 0. The highest BCUT2D eigenvalue weighted by molar-refractivity contribution is 7.80. The zero-order chi connectivity index (χ0) is 9.84. The van der Waals surface area contributed by atoms with Crippen LogP contribution in [0.5, 0.6) is 0 Å². The average Bonchev–Trinajstić information content (AvgIpc) is 2.50. The monoisotopic (exact) mass is 202 g/mol. The Hall–Kier alpha value is -0.350. The molecule has 0 amide bonds. The summed E-state index contributed by atoms with van der Waals surface area (Å²) in [6.45, 7) is 2.33. The van der Waals surface area contributed by atoms with Crippen molar-refractivity contribution in [1.29, 1.82) is 0 Å². The number of hydrogen-bond donors (Lipinski definition) is 2. The molecule has 1 atom stereocenters. The maximum absolute atomic E-state index is 9.28. The first kappa shape index (κ1) is 10.7. The summed E-state index contributed by atoms with van der Waals surface area (Å²) in [6.07, 6.45) is 4.46. The standard InChI is InChI=1S/C9H18N2OS/c1-7(12)6-11(9(10)13)8-4-2-3-5-8/h7-8,12H,2-6H2,1H3,(H2,10,13). The van der Waals surface area contributed by atoms with Gasteiger partial charge >= 0.3 is 0 Å². The van der Waals surface area contributed by atoms with Crippen molar-refractivity contribution in [3.8, 4) is 0 Å². The van der Waals surface area contributed by atoms with Gasteiger partial charge in [0.05, 0.1) is 6.10 Å². The van der Waals surface area contributed by atoms with Gasteiger partial charge in [-0.25, -0.2) is 0 Å². The molecule has 13 heavy (non-hydrogen) atoms. The first-order chi connectivity index (χ1) is 6.11. The average molecular weight is 202 g/mol. The Morgan fingerprint density at radius 2 is 2.15 bits per heavy atom. The summed E-state index contributed by atoms with van der Waals surface area (Å²) >= 11 is 4.96. The number of aliphatic hydroxyl groups excluding tert-OH is 1. The van der Waals surface area contributed by atoms with Crippen molar-refractivity contribution in [1.82, 2.24) is 4.90 Å². The molecule has 1 unspecified atom stereocenters. The fraction of sp³-hybridized carbons (Fsp3) is 0.889. The van der Waals surface area contributed by atoms with Gasteiger partial charge in [0.15, 0.2) is 5.11 Å². The van der Waals surface area contributed by atoms with E-state index in [2.05, 4.69) is 0 Å². The minimum atomic E-state index is -0.359. The molecule has 3 N–H and O–H groups in total. The predicted octanol–water partition coefficient (Wildman–Crippen LogP) is 0.855.